The van der Waals surface area contributed by atoms with E-state index in [-0.39, 0.29) is 31.1 Å². The van der Waals surface area contributed by atoms with Crippen LogP contribution in [0.3, 0.4) is 0 Å². The Hall–Kier alpha value is -4.71. The van der Waals surface area contributed by atoms with Gasteiger partial charge in [-0.25, -0.2) is 0 Å². The van der Waals surface area contributed by atoms with Gasteiger partial charge in [-0.15, -0.1) is 0 Å². The molecule has 428 valence electrons. The van der Waals surface area contributed by atoms with Gasteiger partial charge in [-0.1, -0.05) is 256 Å². The topological polar surface area (TPSA) is 78.9 Å². The Morgan fingerprint density at radius 1 is 0.276 bits per heavy atom. The fourth-order valence-corrected chi connectivity index (χ4v) is 7.97. The largest absolute Gasteiger partial charge is 0.462 e. The molecule has 0 bridgehead atoms. The van der Waals surface area contributed by atoms with Crippen LogP contribution in [-0.4, -0.2) is 37.2 Å². The summed E-state index contributed by atoms with van der Waals surface area (Å²) in [6.45, 7) is 6.41. The molecule has 0 aliphatic rings. The van der Waals surface area contributed by atoms with Crippen LogP contribution in [0.1, 0.15) is 258 Å². The molecule has 0 spiro atoms. The van der Waals surface area contributed by atoms with Crippen molar-refractivity contribution in [2.24, 2.45) is 0 Å². The molecule has 0 heterocycles. The smallest absolute Gasteiger partial charge is 0.306 e. The van der Waals surface area contributed by atoms with Gasteiger partial charge >= 0.3 is 17.9 Å². The molecule has 6 nitrogen and oxygen atoms in total. The molecule has 0 aliphatic carbocycles. The third-order valence-electron chi connectivity index (χ3n) is 12.6. The van der Waals surface area contributed by atoms with Gasteiger partial charge in [0.2, 0.25) is 0 Å². The molecule has 0 aliphatic heterocycles. The van der Waals surface area contributed by atoms with Crippen molar-refractivity contribution in [3.63, 3.8) is 0 Å². The fraction of sp³-hybridized carbons (Fsp3) is 0.614. The van der Waals surface area contributed by atoms with Gasteiger partial charge in [0.05, 0.1) is 0 Å². The van der Waals surface area contributed by atoms with Gasteiger partial charge in [0.1, 0.15) is 13.2 Å². The highest BCUT2D eigenvalue weighted by Crippen LogP contribution is 2.13. The molecule has 1 unspecified atom stereocenters. The summed E-state index contributed by atoms with van der Waals surface area (Å²) in [5.41, 5.74) is 0. The van der Waals surface area contributed by atoms with Crippen molar-refractivity contribution in [1.29, 1.82) is 0 Å². The standard InChI is InChI=1S/C70H112O6/c1-4-7-10-13-16-18-20-22-24-26-28-30-31-32-33-34-35-36-37-38-39-41-42-44-46-48-50-52-54-57-60-63-69(72)75-66-67(65-74-68(71)62-59-56-15-12-9-6-3)76-70(73)64-61-58-55-53-51-49-47-45-43-40-29-27-25-23-21-19-17-14-11-8-5-2/h7,10,16,18,21-24,27-30,32-33,35-36,38-39,42-45,48,50,67H,4-6,8-9,11-15,17,19-20,25-26,31,34,37,40-41,46-47,49,51-66H2,1-3H3/b10-7-,18-16-,23-21-,24-22-,29-27-,30-28-,33-32-,36-35-,39-38-,44-42-,45-43-,50-48-. The summed E-state index contributed by atoms with van der Waals surface area (Å²) in [7, 11) is 0. The summed E-state index contributed by atoms with van der Waals surface area (Å²) in [6.07, 6.45) is 90.2. The first kappa shape index (κ1) is 71.3. The van der Waals surface area contributed by atoms with Crippen LogP contribution in [-0.2, 0) is 28.6 Å². The predicted molar refractivity (Wildman–Crippen MR) is 329 cm³/mol. The van der Waals surface area contributed by atoms with Crippen molar-refractivity contribution < 1.29 is 28.6 Å². The van der Waals surface area contributed by atoms with E-state index in [2.05, 4.69) is 167 Å². The zero-order valence-electron chi connectivity index (χ0n) is 49.0. The number of unbranched alkanes of at least 4 members (excludes halogenated alkanes) is 19. The zero-order valence-corrected chi connectivity index (χ0v) is 49.0. The summed E-state index contributed by atoms with van der Waals surface area (Å²) in [5.74, 6) is -0.960. The molecule has 0 saturated carbocycles. The first-order chi connectivity index (χ1) is 37.5. The summed E-state index contributed by atoms with van der Waals surface area (Å²) >= 11 is 0. The quantitative estimate of drug-likeness (QED) is 0.0261. The Morgan fingerprint density at radius 3 is 0.816 bits per heavy atom. The van der Waals surface area contributed by atoms with Crippen molar-refractivity contribution in [3.05, 3.63) is 146 Å². The molecule has 0 rings (SSSR count). The van der Waals surface area contributed by atoms with Crippen LogP contribution in [0.25, 0.3) is 0 Å². The normalized spacial score (nSPS) is 13.1. The average molecular weight is 1050 g/mol. The van der Waals surface area contributed by atoms with Gasteiger partial charge in [-0.3, -0.25) is 14.4 Å². The summed E-state index contributed by atoms with van der Waals surface area (Å²) in [5, 5.41) is 0. The van der Waals surface area contributed by atoms with Crippen LogP contribution in [0.2, 0.25) is 0 Å². The lowest BCUT2D eigenvalue weighted by Gasteiger charge is -2.18. The van der Waals surface area contributed by atoms with E-state index >= 15 is 0 Å². The number of allylic oxidation sites excluding steroid dienone is 24. The summed E-state index contributed by atoms with van der Waals surface area (Å²) in [6, 6.07) is 0. The number of hydrogen-bond acceptors (Lipinski definition) is 6. The molecule has 0 aromatic heterocycles. The van der Waals surface area contributed by atoms with Crippen LogP contribution >= 0.6 is 0 Å². The molecule has 0 aromatic rings. The third kappa shape index (κ3) is 60.2. The van der Waals surface area contributed by atoms with E-state index in [1.54, 1.807) is 0 Å². The minimum Gasteiger partial charge on any atom is -0.462 e. The lowest BCUT2D eigenvalue weighted by molar-refractivity contribution is -0.167. The van der Waals surface area contributed by atoms with Crippen molar-refractivity contribution >= 4 is 17.9 Å². The van der Waals surface area contributed by atoms with Gasteiger partial charge in [-0.2, -0.15) is 0 Å². The van der Waals surface area contributed by atoms with E-state index in [1.165, 1.54) is 70.6 Å². The number of carbonyl (C=O) groups is 3. The van der Waals surface area contributed by atoms with E-state index in [4.69, 9.17) is 14.2 Å². The van der Waals surface area contributed by atoms with Crippen molar-refractivity contribution in [3.8, 4) is 0 Å². The monoisotopic (exact) mass is 1050 g/mol. The van der Waals surface area contributed by atoms with Crippen LogP contribution in [0.4, 0.5) is 0 Å². The highest BCUT2D eigenvalue weighted by Gasteiger charge is 2.19. The maximum absolute atomic E-state index is 12.8. The van der Waals surface area contributed by atoms with Crippen LogP contribution in [0.15, 0.2) is 146 Å². The Labute approximate surface area is 467 Å². The first-order valence-electron chi connectivity index (χ1n) is 30.8. The minimum absolute atomic E-state index is 0.0988. The lowest BCUT2D eigenvalue weighted by atomic mass is 10.1. The molecule has 76 heavy (non-hydrogen) atoms. The maximum atomic E-state index is 12.8. The van der Waals surface area contributed by atoms with Crippen molar-refractivity contribution in [2.75, 3.05) is 13.2 Å². The number of esters is 3. The van der Waals surface area contributed by atoms with Gasteiger partial charge in [0, 0.05) is 19.3 Å². The molecule has 0 fully saturated rings. The number of carbonyl (C=O) groups excluding carboxylic acids is 3. The molecular formula is C70H112O6. The second kappa shape index (κ2) is 62.8. The molecule has 6 heteroatoms. The molecule has 0 N–H and O–H groups in total. The number of rotatable bonds is 54. The summed E-state index contributed by atoms with van der Waals surface area (Å²) in [4.78, 5) is 38.0. The number of ether oxygens (including phenoxy) is 3. The molecule has 0 radical (unpaired) electrons. The Morgan fingerprint density at radius 2 is 0.513 bits per heavy atom. The van der Waals surface area contributed by atoms with Gasteiger partial charge < -0.3 is 14.2 Å². The van der Waals surface area contributed by atoms with Crippen LogP contribution < -0.4 is 0 Å². The maximum Gasteiger partial charge on any atom is 0.306 e. The summed E-state index contributed by atoms with van der Waals surface area (Å²) < 4.78 is 16.7. The van der Waals surface area contributed by atoms with E-state index < -0.39 is 6.10 Å². The highest BCUT2D eigenvalue weighted by molar-refractivity contribution is 5.71. The van der Waals surface area contributed by atoms with Crippen LogP contribution in [0, 0.1) is 0 Å². The molecule has 0 amide bonds. The SMILES string of the molecule is CC/C=C\C/C=C\C/C=C\C/C=C\C/C=C\C/C=C\C/C=C\C/C=C\C/C=C\CCCCCC(=O)OCC(COC(=O)CCCCCCCC)OC(=O)CCCCCCCC/C=C\C/C=C\C/C=C\CCCCCCC. The second-order valence-corrected chi connectivity index (χ2v) is 19.9. The first-order valence-corrected chi connectivity index (χ1v) is 30.8. The van der Waals surface area contributed by atoms with E-state index in [1.807, 2.05) is 0 Å². The Bertz CT molecular complexity index is 1680. The van der Waals surface area contributed by atoms with Crippen LogP contribution in [0.5, 0.6) is 0 Å². The second-order valence-electron chi connectivity index (χ2n) is 19.9. The predicted octanol–water partition coefficient (Wildman–Crippen LogP) is 21.2. The Kier molecular flexibility index (Phi) is 58.9. The fourth-order valence-electron chi connectivity index (χ4n) is 7.97. The third-order valence-corrected chi connectivity index (χ3v) is 12.6. The highest BCUT2D eigenvalue weighted by atomic mass is 16.6. The van der Waals surface area contributed by atoms with E-state index in [9.17, 15) is 14.4 Å². The molecule has 1 atom stereocenters. The van der Waals surface area contributed by atoms with E-state index in [0.717, 1.165) is 148 Å². The molecule has 0 aromatic carbocycles. The zero-order chi connectivity index (χ0) is 55.0. The van der Waals surface area contributed by atoms with Gasteiger partial charge in [-0.05, 0) is 128 Å². The van der Waals surface area contributed by atoms with Crippen molar-refractivity contribution in [2.45, 2.75) is 264 Å². The molecular weight excluding hydrogens is 937 g/mol. The lowest BCUT2D eigenvalue weighted by Crippen LogP contribution is -2.30. The van der Waals surface area contributed by atoms with Gasteiger partial charge in [0.25, 0.3) is 0 Å². The van der Waals surface area contributed by atoms with Gasteiger partial charge in [0.15, 0.2) is 6.10 Å². The van der Waals surface area contributed by atoms with Crippen molar-refractivity contribution in [1.82, 2.24) is 0 Å². The average Bonchev–Trinajstić information content (AvgIpc) is 3.42. The minimum atomic E-state index is -0.802. The Balaban J connectivity index is 4.25. The molecule has 0 saturated heterocycles. The number of hydrogen-bond donors (Lipinski definition) is 0. The van der Waals surface area contributed by atoms with E-state index in [0.29, 0.717) is 19.3 Å².